The minimum Gasteiger partial charge on any atom is -0.496 e. The Balaban J connectivity index is 2.56. The normalized spacial score (nSPS) is 10.8. The van der Waals surface area contributed by atoms with Crippen molar-refractivity contribution in [3.05, 3.63) is 23.3 Å². The van der Waals surface area contributed by atoms with E-state index in [4.69, 9.17) is 15.2 Å². The summed E-state index contributed by atoms with van der Waals surface area (Å²) in [6.45, 7) is 7.82. The van der Waals surface area contributed by atoms with E-state index in [1.54, 1.807) is 7.11 Å². The number of hydrogen-bond donors (Lipinski definition) is 1. The third-order valence-electron chi connectivity index (χ3n) is 3.10. The van der Waals surface area contributed by atoms with Crippen LogP contribution in [0.5, 0.6) is 11.8 Å². The summed E-state index contributed by atoms with van der Waals surface area (Å²) in [5.74, 6) is 1.30. The van der Waals surface area contributed by atoms with Crippen molar-refractivity contribution in [2.45, 2.75) is 33.8 Å². The zero-order valence-corrected chi connectivity index (χ0v) is 13.0. The van der Waals surface area contributed by atoms with Gasteiger partial charge in [-0.3, -0.25) is 0 Å². The molecule has 2 rings (SSSR count). The highest BCUT2D eigenvalue weighted by Crippen LogP contribution is 2.33. The van der Waals surface area contributed by atoms with Crippen LogP contribution in [0.3, 0.4) is 0 Å². The predicted octanol–water partition coefficient (Wildman–Crippen LogP) is 2.53. The second kappa shape index (κ2) is 5.95. The van der Waals surface area contributed by atoms with Gasteiger partial charge in [-0.2, -0.15) is 15.0 Å². The van der Waals surface area contributed by atoms with E-state index in [0.29, 0.717) is 5.82 Å². The van der Waals surface area contributed by atoms with Crippen LogP contribution in [-0.2, 0) is 0 Å². The van der Waals surface area contributed by atoms with Gasteiger partial charge in [-0.05, 0) is 44.9 Å². The number of anilines is 1. The molecule has 0 saturated heterocycles. The molecule has 0 bridgehead atoms. The molecule has 0 radical (unpaired) electrons. The van der Waals surface area contributed by atoms with Gasteiger partial charge >= 0.3 is 6.01 Å². The first-order valence-corrected chi connectivity index (χ1v) is 6.75. The summed E-state index contributed by atoms with van der Waals surface area (Å²) in [6, 6.07) is 4.12. The molecule has 0 aliphatic rings. The van der Waals surface area contributed by atoms with E-state index < -0.39 is 0 Å². The molecule has 6 heteroatoms. The molecule has 2 aromatic rings. The topological polar surface area (TPSA) is 83.2 Å². The van der Waals surface area contributed by atoms with Gasteiger partial charge < -0.3 is 15.2 Å². The van der Waals surface area contributed by atoms with Gasteiger partial charge in [0, 0.05) is 0 Å². The van der Waals surface area contributed by atoms with Crippen LogP contribution in [0.4, 0.5) is 5.95 Å². The highest BCUT2D eigenvalue weighted by molar-refractivity contribution is 5.68. The molecular formula is C15H20N4O2. The summed E-state index contributed by atoms with van der Waals surface area (Å²) in [7, 11) is 1.63. The van der Waals surface area contributed by atoms with Crippen molar-refractivity contribution in [1.29, 1.82) is 0 Å². The summed E-state index contributed by atoms with van der Waals surface area (Å²) in [4.78, 5) is 12.5. The predicted molar refractivity (Wildman–Crippen MR) is 81.5 cm³/mol. The van der Waals surface area contributed by atoms with Gasteiger partial charge in [-0.1, -0.05) is 6.07 Å². The van der Waals surface area contributed by atoms with Crippen LogP contribution in [0.25, 0.3) is 11.4 Å². The summed E-state index contributed by atoms with van der Waals surface area (Å²) < 4.78 is 11.0. The lowest BCUT2D eigenvalue weighted by molar-refractivity contribution is 0.222. The summed E-state index contributed by atoms with van der Waals surface area (Å²) in [5, 5.41) is 0. The molecule has 1 heterocycles. The Morgan fingerprint density at radius 3 is 2.43 bits per heavy atom. The van der Waals surface area contributed by atoms with E-state index in [0.717, 1.165) is 22.4 Å². The minimum atomic E-state index is -0.0405. The monoisotopic (exact) mass is 288 g/mol. The summed E-state index contributed by atoms with van der Waals surface area (Å²) >= 11 is 0. The lowest BCUT2D eigenvalue weighted by Gasteiger charge is -2.14. The molecule has 0 amide bonds. The molecule has 2 N–H and O–H groups in total. The molecule has 21 heavy (non-hydrogen) atoms. The van der Waals surface area contributed by atoms with Gasteiger partial charge in [-0.15, -0.1) is 0 Å². The Morgan fingerprint density at radius 2 is 1.81 bits per heavy atom. The number of nitrogens with two attached hydrogens (primary N) is 1. The molecule has 0 spiro atoms. The minimum absolute atomic E-state index is 0.0405. The molecule has 0 fully saturated rings. The van der Waals surface area contributed by atoms with Crippen molar-refractivity contribution in [2.24, 2.45) is 0 Å². The second-order valence-corrected chi connectivity index (χ2v) is 5.05. The SMILES string of the molecule is COc1c(-c2nc(N)nc(OC(C)C)n2)ccc(C)c1C. The van der Waals surface area contributed by atoms with E-state index in [9.17, 15) is 0 Å². The Bertz CT molecular complexity index is 656. The van der Waals surface area contributed by atoms with Gasteiger partial charge in [0.15, 0.2) is 5.82 Å². The molecule has 0 unspecified atom stereocenters. The van der Waals surface area contributed by atoms with Gasteiger partial charge in [0.2, 0.25) is 5.95 Å². The zero-order chi connectivity index (χ0) is 15.6. The number of hydrogen-bond acceptors (Lipinski definition) is 6. The van der Waals surface area contributed by atoms with Crippen LogP contribution in [0, 0.1) is 13.8 Å². The van der Waals surface area contributed by atoms with E-state index >= 15 is 0 Å². The summed E-state index contributed by atoms with van der Waals surface area (Å²) in [5.41, 5.74) is 8.69. The first-order valence-electron chi connectivity index (χ1n) is 6.75. The number of nitrogen functional groups attached to an aromatic ring is 1. The Kier molecular flexibility index (Phi) is 4.26. The Morgan fingerprint density at radius 1 is 1.10 bits per heavy atom. The molecule has 0 aliphatic carbocycles. The van der Waals surface area contributed by atoms with Crippen LogP contribution in [-0.4, -0.2) is 28.2 Å². The van der Waals surface area contributed by atoms with Crippen LogP contribution >= 0.6 is 0 Å². The fourth-order valence-corrected chi connectivity index (χ4v) is 1.99. The number of aryl methyl sites for hydroxylation is 1. The maximum atomic E-state index is 5.75. The standard InChI is InChI=1S/C15H20N4O2/c1-8(2)21-15-18-13(17-14(16)19-15)11-7-6-9(3)10(4)12(11)20-5/h6-8H,1-5H3,(H2,16,17,18,19). The van der Waals surface area contributed by atoms with Gasteiger partial charge in [0.1, 0.15) is 5.75 Å². The largest absolute Gasteiger partial charge is 0.496 e. The molecule has 0 saturated carbocycles. The van der Waals surface area contributed by atoms with Gasteiger partial charge in [-0.25, -0.2) is 0 Å². The average Bonchev–Trinajstić information content (AvgIpc) is 2.40. The molecular weight excluding hydrogens is 268 g/mol. The van der Waals surface area contributed by atoms with Crippen LogP contribution < -0.4 is 15.2 Å². The van der Waals surface area contributed by atoms with Crippen molar-refractivity contribution < 1.29 is 9.47 Å². The maximum absolute atomic E-state index is 5.75. The fourth-order valence-electron chi connectivity index (χ4n) is 1.99. The third kappa shape index (κ3) is 3.21. The number of aromatic nitrogens is 3. The first kappa shape index (κ1) is 15.0. The van der Waals surface area contributed by atoms with Crippen molar-refractivity contribution in [1.82, 2.24) is 15.0 Å². The maximum Gasteiger partial charge on any atom is 0.322 e. The smallest absolute Gasteiger partial charge is 0.322 e. The fraction of sp³-hybridized carbons (Fsp3) is 0.400. The number of benzene rings is 1. The van der Waals surface area contributed by atoms with Crippen molar-refractivity contribution in [2.75, 3.05) is 12.8 Å². The lowest BCUT2D eigenvalue weighted by Crippen LogP contribution is -2.11. The highest BCUT2D eigenvalue weighted by Gasteiger charge is 2.15. The summed E-state index contributed by atoms with van der Waals surface area (Å²) in [6.07, 6.45) is -0.0405. The van der Waals surface area contributed by atoms with Crippen molar-refractivity contribution >= 4 is 5.95 Å². The molecule has 1 aromatic heterocycles. The van der Waals surface area contributed by atoms with Crippen molar-refractivity contribution in [3.8, 4) is 23.1 Å². The zero-order valence-electron chi connectivity index (χ0n) is 13.0. The number of methoxy groups -OCH3 is 1. The van der Waals surface area contributed by atoms with Crippen LogP contribution in [0.2, 0.25) is 0 Å². The Labute approximate surface area is 124 Å². The second-order valence-electron chi connectivity index (χ2n) is 5.05. The molecule has 112 valence electrons. The molecule has 6 nitrogen and oxygen atoms in total. The molecule has 0 atom stereocenters. The van der Waals surface area contributed by atoms with E-state index in [1.165, 1.54) is 0 Å². The van der Waals surface area contributed by atoms with E-state index in [1.807, 2.05) is 39.8 Å². The number of ether oxygens (including phenoxy) is 2. The van der Waals surface area contributed by atoms with E-state index in [2.05, 4.69) is 15.0 Å². The van der Waals surface area contributed by atoms with Crippen molar-refractivity contribution in [3.63, 3.8) is 0 Å². The van der Waals surface area contributed by atoms with Crippen LogP contribution in [0.1, 0.15) is 25.0 Å². The lowest BCUT2D eigenvalue weighted by atomic mass is 10.0. The van der Waals surface area contributed by atoms with Gasteiger partial charge in [0.25, 0.3) is 0 Å². The molecule has 1 aromatic carbocycles. The molecule has 0 aliphatic heterocycles. The first-order chi connectivity index (χ1) is 9.92. The Hall–Kier alpha value is -2.37. The number of rotatable bonds is 4. The third-order valence-corrected chi connectivity index (χ3v) is 3.10. The highest BCUT2D eigenvalue weighted by atomic mass is 16.5. The quantitative estimate of drug-likeness (QED) is 0.930. The number of nitrogens with zero attached hydrogens (tertiary/aromatic N) is 3. The van der Waals surface area contributed by atoms with Crippen LogP contribution in [0.15, 0.2) is 12.1 Å². The average molecular weight is 288 g/mol. The van der Waals surface area contributed by atoms with Gasteiger partial charge in [0.05, 0.1) is 18.8 Å². The van der Waals surface area contributed by atoms with E-state index in [-0.39, 0.29) is 18.1 Å².